The van der Waals surface area contributed by atoms with Gasteiger partial charge in [-0.15, -0.1) is 0 Å². The maximum Gasteiger partial charge on any atom is 0.241 e. The zero-order valence-corrected chi connectivity index (χ0v) is 15.9. The molecule has 2 aromatic rings. The molecule has 0 radical (unpaired) electrons. The third-order valence-electron chi connectivity index (χ3n) is 5.44. The minimum absolute atomic E-state index is 0.199. The molecule has 6 nitrogen and oxygen atoms in total. The number of pyridine rings is 1. The van der Waals surface area contributed by atoms with Crippen LogP contribution in [0.5, 0.6) is 0 Å². The van der Waals surface area contributed by atoms with Crippen molar-refractivity contribution in [2.75, 3.05) is 62.7 Å². The molecule has 2 aliphatic rings. The number of nitrogens with zero attached hydrogens (tertiary/aromatic N) is 5. The summed E-state index contributed by atoms with van der Waals surface area (Å²) < 4.78 is 0. The van der Waals surface area contributed by atoms with Crippen molar-refractivity contribution >= 4 is 17.3 Å². The molecule has 142 valence electrons. The lowest BCUT2D eigenvalue weighted by Gasteiger charge is -2.39. The highest BCUT2D eigenvalue weighted by Crippen LogP contribution is 2.33. The van der Waals surface area contributed by atoms with E-state index in [0.29, 0.717) is 6.54 Å². The molecular weight excluding hydrogens is 338 g/mol. The molecule has 0 bridgehead atoms. The molecule has 0 aliphatic carbocycles. The number of benzene rings is 1. The number of rotatable bonds is 4. The van der Waals surface area contributed by atoms with E-state index in [2.05, 4.69) is 38.9 Å². The number of para-hydroxylation sites is 2. The van der Waals surface area contributed by atoms with Gasteiger partial charge in [0.1, 0.15) is 0 Å². The predicted molar refractivity (Wildman–Crippen MR) is 108 cm³/mol. The average molecular weight is 365 g/mol. The predicted octanol–water partition coefficient (Wildman–Crippen LogP) is 1.68. The van der Waals surface area contributed by atoms with Crippen LogP contribution in [0.2, 0.25) is 0 Å². The van der Waals surface area contributed by atoms with Crippen LogP contribution in [0.15, 0.2) is 48.7 Å². The van der Waals surface area contributed by atoms with Crippen LogP contribution in [0, 0.1) is 0 Å². The number of fused-ring (bicyclic) bond motifs is 1. The van der Waals surface area contributed by atoms with Gasteiger partial charge in [0.05, 0.1) is 30.2 Å². The second-order valence-electron chi connectivity index (χ2n) is 7.36. The summed E-state index contributed by atoms with van der Waals surface area (Å²) in [6, 6.07) is 14.2. The number of likely N-dealkylation sites (N-methyl/N-ethyl adjacent to an activating group) is 1. The van der Waals surface area contributed by atoms with Gasteiger partial charge in [0.15, 0.2) is 0 Å². The SMILES string of the molecule is CN1CCN(CC(=O)N2CCN(Cc3ccccn3)c3ccccc32)CC1. The topological polar surface area (TPSA) is 42.9 Å². The third kappa shape index (κ3) is 4.12. The fourth-order valence-corrected chi connectivity index (χ4v) is 3.81. The van der Waals surface area contributed by atoms with Gasteiger partial charge in [-0.3, -0.25) is 14.7 Å². The van der Waals surface area contributed by atoms with Crippen molar-refractivity contribution in [1.29, 1.82) is 0 Å². The first-order valence-corrected chi connectivity index (χ1v) is 9.66. The van der Waals surface area contributed by atoms with E-state index in [1.165, 1.54) is 0 Å². The Morgan fingerprint density at radius 3 is 2.41 bits per heavy atom. The van der Waals surface area contributed by atoms with E-state index in [9.17, 15) is 4.79 Å². The molecule has 0 N–H and O–H groups in total. The van der Waals surface area contributed by atoms with Gasteiger partial charge in [-0.05, 0) is 31.3 Å². The Kier molecular flexibility index (Phi) is 5.36. The summed E-state index contributed by atoms with van der Waals surface area (Å²) in [4.78, 5) is 26.3. The van der Waals surface area contributed by atoms with E-state index in [1.807, 2.05) is 41.4 Å². The molecule has 0 spiro atoms. The molecule has 1 aromatic carbocycles. The molecule has 27 heavy (non-hydrogen) atoms. The zero-order chi connectivity index (χ0) is 18.6. The number of hydrogen-bond donors (Lipinski definition) is 0. The quantitative estimate of drug-likeness (QED) is 0.825. The van der Waals surface area contributed by atoms with Gasteiger partial charge < -0.3 is 14.7 Å². The number of carbonyl (C=O) groups excluding carboxylic acids is 1. The number of carbonyl (C=O) groups is 1. The molecule has 6 heteroatoms. The van der Waals surface area contributed by atoms with Crippen molar-refractivity contribution < 1.29 is 4.79 Å². The third-order valence-corrected chi connectivity index (χ3v) is 5.44. The minimum Gasteiger partial charge on any atom is -0.362 e. The number of aromatic nitrogens is 1. The van der Waals surface area contributed by atoms with Gasteiger partial charge in [0.25, 0.3) is 0 Å². The van der Waals surface area contributed by atoms with Crippen LogP contribution in [0.25, 0.3) is 0 Å². The number of amides is 1. The van der Waals surface area contributed by atoms with Crippen LogP contribution in [-0.2, 0) is 11.3 Å². The van der Waals surface area contributed by atoms with E-state index in [4.69, 9.17) is 0 Å². The summed E-state index contributed by atoms with van der Waals surface area (Å²) in [5, 5.41) is 0. The first-order valence-electron chi connectivity index (χ1n) is 9.66. The fraction of sp³-hybridized carbons (Fsp3) is 0.429. The van der Waals surface area contributed by atoms with Crippen molar-refractivity contribution in [2.45, 2.75) is 6.54 Å². The van der Waals surface area contributed by atoms with Crippen LogP contribution in [0.1, 0.15) is 5.69 Å². The molecular formula is C21H27N5O. The van der Waals surface area contributed by atoms with Crippen molar-refractivity contribution in [3.63, 3.8) is 0 Å². The Morgan fingerprint density at radius 1 is 0.926 bits per heavy atom. The average Bonchev–Trinajstić information content (AvgIpc) is 2.71. The summed E-state index contributed by atoms with van der Waals surface area (Å²) in [6.45, 7) is 6.79. The Balaban J connectivity index is 1.48. The molecule has 1 amide bonds. The summed E-state index contributed by atoms with van der Waals surface area (Å²) >= 11 is 0. The molecule has 1 aromatic heterocycles. The highest BCUT2D eigenvalue weighted by molar-refractivity contribution is 5.99. The summed E-state index contributed by atoms with van der Waals surface area (Å²) in [5.74, 6) is 0.199. The van der Waals surface area contributed by atoms with Gasteiger partial charge in [-0.2, -0.15) is 0 Å². The minimum atomic E-state index is 0.199. The maximum atomic E-state index is 13.0. The fourth-order valence-electron chi connectivity index (χ4n) is 3.81. The van der Waals surface area contributed by atoms with E-state index >= 15 is 0 Å². The van der Waals surface area contributed by atoms with Crippen molar-refractivity contribution in [1.82, 2.24) is 14.8 Å². The van der Waals surface area contributed by atoms with Crippen LogP contribution in [-0.4, -0.2) is 73.6 Å². The number of piperazine rings is 1. The lowest BCUT2D eigenvalue weighted by Crippen LogP contribution is -2.51. The van der Waals surface area contributed by atoms with Gasteiger partial charge in [-0.1, -0.05) is 18.2 Å². The van der Waals surface area contributed by atoms with Crippen molar-refractivity contribution in [2.24, 2.45) is 0 Å². The molecule has 0 unspecified atom stereocenters. The maximum absolute atomic E-state index is 13.0. The Morgan fingerprint density at radius 2 is 1.67 bits per heavy atom. The Bertz CT molecular complexity index is 773. The standard InChI is InChI=1S/C21H27N5O/c1-23-10-12-24(13-11-23)17-21(27)26-15-14-25(16-18-6-4-5-9-22-18)19-7-2-3-8-20(19)26/h2-9H,10-17H2,1H3. The summed E-state index contributed by atoms with van der Waals surface area (Å²) in [6.07, 6.45) is 1.83. The van der Waals surface area contributed by atoms with Crippen LogP contribution < -0.4 is 9.80 Å². The number of anilines is 2. The van der Waals surface area contributed by atoms with Gasteiger partial charge in [0.2, 0.25) is 5.91 Å². The van der Waals surface area contributed by atoms with Crippen molar-refractivity contribution in [3.05, 3.63) is 54.4 Å². The normalized spacial score (nSPS) is 18.4. The van der Waals surface area contributed by atoms with Crippen LogP contribution in [0.4, 0.5) is 11.4 Å². The van der Waals surface area contributed by atoms with Crippen LogP contribution in [0.3, 0.4) is 0 Å². The van der Waals surface area contributed by atoms with Gasteiger partial charge >= 0.3 is 0 Å². The molecule has 0 atom stereocenters. The van der Waals surface area contributed by atoms with Crippen molar-refractivity contribution in [3.8, 4) is 0 Å². The van der Waals surface area contributed by atoms with E-state index in [-0.39, 0.29) is 5.91 Å². The van der Waals surface area contributed by atoms with E-state index in [0.717, 1.165) is 62.9 Å². The van der Waals surface area contributed by atoms with E-state index in [1.54, 1.807) is 0 Å². The smallest absolute Gasteiger partial charge is 0.241 e. The lowest BCUT2D eigenvalue weighted by molar-refractivity contribution is -0.120. The number of hydrogen-bond acceptors (Lipinski definition) is 5. The molecule has 1 fully saturated rings. The highest BCUT2D eigenvalue weighted by Gasteiger charge is 2.28. The van der Waals surface area contributed by atoms with Gasteiger partial charge in [-0.25, -0.2) is 0 Å². The van der Waals surface area contributed by atoms with E-state index < -0.39 is 0 Å². The second kappa shape index (κ2) is 8.06. The Labute approximate surface area is 161 Å². The zero-order valence-electron chi connectivity index (χ0n) is 15.9. The van der Waals surface area contributed by atoms with Crippen LogP contribution >= 0.6 is 0 Å². The summed E-state index contributed by atoms with van der Waals surface area (Å²) in [5.41, 5.74) is 3.17. The monoisotopic (exact) mass is 365 g/mol. The highest BCUT2D eigenvalue weighted by atomic mass is 16.2. The summed E-state index contributed by atoms with van der Waals surface area (Å²) in [7, 11) is 2.14. The molecule has 3 heterocycles. The molecule has 1 saturated heterocycles. The molecule has 4 rings (SSSR count). The Hall–Kier alpha value is -2.44. The molecule has 0 saturated carbocycles. The van der Waals surface area contributed by atoms with Gasteiger partial charge in [0, 0.05) is 45.5 Å². The first kappa shape index (κ1) is 17.9. The largest absolute Gasteiger partial charge is 0.362 e. The first-order chi connectivity index (χ1) is 13.2. The lowest BCUT2D eigenvalue weighted by atomic mass is 10.1. The molecule has 2 aliphatic heterocycles. The second-order valence-corrected chi connectivity index (χ2v) is 7.36.